The van der Waals surface area contributed by atoms with Gasteiger partial charge in [-0.15, -0.1) is 11.3 Å². The first kappa shape index (κ1) is 15.8. The average molecular weight is 388 g/mol. The minimum atomic E-state index is -0.0121. The maximum absolute atomic E-state index is 12.0. The molecule has 6 heteroatoms. The fourth-order valence-electron chi connectivity index (χ4n) is 2.03. The van der Waals surface area contributed by atoms with E-state index in [2.05, 4.69) is 31.2 Å². The largest absolute Gasteiger partial charge is 0.326 e. The fourth-order valence-corrected chi connectivity index (χ4v) is 3.09. The molecule has 2 heterocycles. The number of carbonyl (C=O) groups is 1. The summed E-state index contributed by atoms with van der Waals surface area (Å²) in [6.07, 6.45) is 2.78. The van der Waals surface area contributed by atoms with Crippen molar-refractivity contribution in [3.8, 4) is 11.4 Å². The SMILES string of the molecule is O=C(CCc1nc(-c2ccccn2)cs1)Nc1ccc(Br)cc1. The van der Waals surface area contributed by atoms with Gasteiger partial charge in [-0.1, -0.05) is 22.0 Å². The summed E-state index contributed by atoms with van der Waals surface area (Å²) in [5.74, 6) is -0.0121. The van der Waals surface area contributed by atoms with Crippen molar-refractivity contribution in [3.05, 3.63) is 63.5 Å². The van der Waals surface area contributed by atoms with Crippen LogP contribution in [0.5, 0.6) is 0 Å². The van der Waals surface area contributed by atoms with Crippen LogP contribution in [-0.4, -0.2) is 15.9 Å². The lowest BCUT2D eigenvalue weighted by atomic mass is 10.2. The summed E-state index contributed by atoms with van der Waals surface area (Å²) >= 11 is 4.93. The Kier molecular flexibility index (Phi) is 5.15. The molecule has 1 aromatic carbocycles. The highest BCUT2D eigenvalue weighted by molar-refractivity contribution is 9.10. The molecule has 0 spiro atoms. The van der Waals surface area contributed by atoms with Gasteiger partial charge in [0.1, 0.15) is 0 Å². The summed E-state index contributed by atoms with van der Waals surface area (Å²) in [6, 6.07) is 13.3. The third-order valence-electron chi connectivity index (χ3n) is 3.17. The molecule has 0 atom stereocenters. The lowest BCUT2D eigenvalue weighted by Gasteiger charge is -2.04. The summed E-state index contributed by atoms with van der Waals surface area (Å²) in [5, 5.41) is 5.80. The molecule has 0 aliphatic heterocycles. The molecular formula is C17H14BrN3OS. The van der Waals surface area contributed by atoms with Gasteiger partial charge in [0.2, 0.25) is 5.91 Å². The smallest absolute Gasteiger partial charge is 0.224 e. The molecule has 0 saturated heterocycles. The minimum Gasteiger partial charge on any atom is -0.326 e. The van der Waals surface area contributed by atoms with Crippen LogP contribution in [0.1, 0.15) is 11.4 Å². The molecule has 0 aliphatic carbocycles. The van der Waals surface area contributed by atoms with Crippen LogP contribution in [0.4, 0.5) is 5.69 Å². The van der Waals surface area contributed by atoms with Crippen molar-refractivity contribution < 1.29 is 4.79 Å². The number of benzene rings is 1. The molecule has 1 N–H and O–H groups in total. The topological polar surface area (TPSA) is 54.9 Å². The molecular weight excluding hydrogens is 374 g/mol. The van der Waals surface area contributed by atoms with Crippen molar-refractivity contribution in [1.29, 1.82) is 0 Å². The maximum Gasteiger partial charge on any atom is 0.224 e. The fraction of sp³-hybridized carbons (Fsp3) is 0.118. The van der Waals surface area contributed by atoms with Gasteiger partial charge >= 0.3 is 0 Å². The summed E-state index contributed by atoms with van der Waals surface area (Å²) in [7, 11) is 0. The number of carbonyl (C=O) groups excluding carboxylic acids is 1. The van der Waals surface area contributed by atoms with E-state index in [0.29, 0.717) is 12.8 Å². The van der Waals surface area contributed by atoms with Crippen LogP contribution in [0.25, 0.3) is 11.4 Å². The van der Waals surface area contributed by atoms with E-state index in [-0.39, 0.29) is 5.91 Å². The van der Waals surface area contributed by atoms with Gasteiger partial charge in [0, 0.05) is 34.6 Å². The number of halogens is 1. The van der Waals surface area contributed by atoms with Crippen molar-refractivity contribution in [3.63, 3.8) is 0 Å². The second kappa shape index (κ2) is 7.48. The van der Waals surface area contributed by atoms with Gasteiger partial charge < -0.3 is 5.32 Å². The zero-order valence-corrected chi connectivity index (χ0v) is 14.6. The summed E-state index contributed by atoms with van der Waals surface area (Å²) in [4.78, 5) is 20.8. The van der Waals surface area contributed by atoms with Crippen LogP contribution in [0.3, 0.4) is 0 Å². The Labute approximate surface area is 146 Å². The van der Waals surface area contributed by atoms with E-state index in [9.17, 15) is 4.79 Å². The molecule has 0 bridgehead atoms. The van der Waals surface area contributed by atoms with E-state index in [1.165, 1.54) is 0 Å². The van der Waals surface area contributed by atoms with Crippen molar-refractivity contribution in [2.24, 2.45) is 0 Å². The third-order valence-corrected chi connectivity index (χ3v) is 4.61. The molecule has 0 radical (unpaired) electrons. The van der Waals surface area contributed by atoms with Gasteiger partial charge in [0.15, 0.2) is 0 Å². The average Bonchev–Trinajstić information content (AvgIpc) is 3.05. The molecule has 3 rings (SSSR count). The Bertz CT molecular complexity index is 787. The van der Waals surface area contributed by atoms with E-state index in [1.54, 1.807) is 17.5 Å². The Hall–Kier alpha value is -2.05. The van der Waals surface area contributed by atoms with Gasteiger partial charge in [0.05, 0.1) is 16.4 Å². The molecule has 3 aromatic rings. The Morgan fingerprint density at radius 2 is 1.96 bits per heavy atom. The van der Waals surface area contributed by atoms with Crippen LogP contribution in [0, 0.1) is 0 Å². The number of aryl methyl sites for hydroxylation is 1. The van der Waals surface area contributed by atoms with Crippen molar-refractivity contribution in [2.75, 3.05) is 5.32 Å². The van der Waals surface area contributed by atoms with Gasteiger partial charge in [-0.25, -0.2) is 4.98 Å². The van der Waals surface area contributed by atoms with Crippen molar-refractivity contribution in [1.82, 2.24) is 9.97 Å². The van der Waals surface area contributed by atoms with E-state index < -0.39 is 0 Å². The highest BCUT2D eigenvalue weighted by Crippen LogP contribution is 2.21. The molecule has 23 heavy (non-hydrogen) atoms. The van der Waals surface area contributed by atoms with Crippen LogP contribution >= 0.6 is 27.3 Å². The van der Waals surface area contributed by atoms with E-state index >= 15 is 0 Å². The number of hydrogen-bond acceptors (Lipinski definition) is 4. The molecule has 0 aliphatic rings. The predicted octanol–water partition coefficient (Wildman–Crippen LogP) is 4.54. The second-order valence-electron chi connectivity index (χ2n) is 4.90. The molecule has 0 unspecified atom stereocenters. The lowest BCUT2D eigenvalue weighted by Crippen LogP contribution is -2.12. The molecule has 0 fully saturated rings. The molecule has 2 aromatic heterocycles. The first-order chi connectivity index (χ1) is 11.2. The number of nitrogens with zero attached hydrogens (tertiary/aromatic N) is 2. The summed E-state index contributed by atoms with van der Waals surface area (Å²) in [5.41, 5.74) is 2.51. The Morgan fingerprint density at radius 3 is 2.70 bits per heavy atom. The maximum atomic E-state index is 12.0. The predicted molar refractivity (Wildman–Crippen MR) is 96.4 cm³/mol. The van der Waals surface area contributed by atoms with Gasteiger partial charge in [0.25, 0.3) is 0 Å². The van der Waals surface area contributed by atoms with Crippen LogP contribution in [-0.2, 0) is 11.2 Å². The minimum absolute atomic E-state index is 0.0121. The Morgan fingerprint density at radius 1 is 1.13 bits per heavy atom. The highest BCUT2D eigenvalue weighted by Gasteiger charge is 2.08. The number of thiazole rings is 1. The standard InChI is InChI=1S/C17H14BrN3OS/c18-12-4-6-13(7-5-12)20-16(22)8-9-17-21-15(11-23-17)14-3-1-2-10-19-14/h1-7,10-11H,8-9H2,(H,20,22). The number of anilines is 1. The van der Waals surface area contributed by atoms with E-state index in [4.69, 9.17) is 0 Å². The number of hydrogen-bond donors (Lipinski definition) is 1. The number of pyridine rings is 1. The van der Waals surface area contributed by atoms with Crippen molar-refractivity contribution in [2.45, 2.75) is 12.8 Å². The number of rotatable bonds is 5. The zero-order chi connectivity index (χ0) is 16.1. The number of aromatic nitrogens is 2. The van der Waals surface area contributed by atoms with E-state index in [1.807, 2.05) is 47.8 Å². The highest BCUT2D eigenvalue weighted by atomic mass is 79.9. The van der Waals surface area contributed by atoms with Gasteiger partial charge in [-0.2, -0.15) is 0 Å². The molecule has 116 valence electrons. The first-order valence-corrected chi connectivity index (χ1v) is 8.79. The van der Waals surface area contributed by atoms with Crippen LogP contribution in [0.2, 0.25) is 0 Å². The van der Waals surface area contributed by atoms with Crippen LogP contribution < -0.4 is 5.32 Å². The second-order valence-corrected chi connectivity index (χ2v) is 6.75. The summed E-state index contributed by atoms with van der Waals surface area (Å²) < 4.78 is 0.986. The molecule has 1 amide bonds. The lowest BCUT2D eigenvalue weighted by molar-refractivity contribution is -0.116. The normalized spacial score (nSPS) is 10.5. The van der Waals surface area contributed by atoms with Gasteiger partial charge in [-0.05, 0) is 36.4 Å². The first-order valence-electron chi connectivity index (χ1n) is 7.12. The van der Waals surface area contributed by atoms with Gasteiger partial charge in [-0.3, -0.25) is 9.78 Å². The third kappa shape index (κ3) is 4.46. The van der Waals surface area contributed by atoms with E-state index in [0.717, 1.165) is 26.6 Å². The van der Waals surface area contributed by atoms with Crippen molar-refractivity contribution >= 4 is 38.9 Å². The zero-order valence-electron chi connectivity index (χ0n) is 12.2. The van der Waals surface area contributed by atoms with Crippen LogP contribution in [0.15, 0.2) is 58.5 Å². The summed E-state index contributed by atoms with van der Waals surface area (Å²) in [6.45, 7) is 0. The number of amides is 1. The quantitative estimate of drug-likeness (QED) is 0.698. The molecule has 4 nitrogen and oxygen atoms in total. The number of nitrogens with one attached hydrogen (secondary N) is 1. The molecule has 0 saturated carbocycles. The Balaban J connectivity index is 1.55. The monoisotopic (exact) mass is 387 g/mol.